The van der Waals surface area contributed by atoms with Crippen LogP contribution in [-0.4, -0.2) is 61.4 Å². The first-order valence-corrected chi connectivity index (χ1v) is 10.4. The fourth-order valence-electron chi connectivity index (χ4n) is 3.21. The number of fused-ring (bicyclic) bond motifs is 1. The summed E-state index contributed by atoms with van der Waals surface area (Å²) in [4.78, 5) is 49.6. The lowest BCUT2D eigenvalue weighted by atomic mass is 10.1. The molecular weight excluding hydrogens is 364 g/mol. The van der Waals surface area contributed by atoms with Crippen LogP contribution in [0.3, 0.4) is 0 Å². The van der Waals surface area contributed by atoms with Gasteiger partial charge in [-0.2, -0.15) is 0 Å². The number of thioether (sulfide) groups is 2. The molecule has 0 aromatic carbocycles. The summed E-state index contributed by atoms with van der Waals surface area (Å²) in [7, 11) is 0. The van der Waals surface area contributed by atoms with E-state index in [4.69, 9.17) is 0 Å². The molecule has 0 aliphatic carbocycles. The average Bonchev–Trinajstić information content (AvgIpc) is 2.90. The van der Waals surface area contributed by atoms with Crippen molar-refractivity contribution in [2.24, 2.45) is 0 Å². The van der Waals surface area contributed by atoms with E-state index in [9.17, 15) is 24.3 Å². The molecule has 0 radical (unpaired) electrons. The van der Waals surface area contributed by atoms with Gasteiger partial charge in [0, 0.05) is 6.92 Å². The number of carboxylic acid groups (broad SMARTS) is 1. The van der Waals surface area contributed by atoms with E-state index >= 15 is 0 Å². The number of amides is 2. The fourth-order valence-corrected chi connectivity index (χ4v) is 5.50. The zero-order chi connectivity index (χ0) is 18.6. The van der Waals surface area contributed by atoms with Crippen molar-refractivity contribution in [3.63, 3.8) is 0 Å². The van der Waals surface area contributed by atoms with Crippen LogP contribution in [0.4, 0.5) is 0 Å². The summed E-state index contributed by atoms with van der Waals surface area (Å²) in [6.07, 6.45) is 2.88. The maximum atomic E-state index is 12.8. The van der Waals surface area contributed by atoms with Crippen LogP contribution in [0.15, 0.2) is 0 Å². The Morgan fingerprint density at radius 2 is 2.08 bits per heavy atom. The third-order valence-electron chi connectivity index (χ3n) is 4.36. The SMILES string of the molecule is CCCC(SC(C)=O)C(=O)N[C@H]1CCS[C@H]2CC[C@@H](C(=O)O)N2C1=O. The normalized spacial score (nSPS) is 27.4. The van der Waals surface area contributed by atoms with Gasteiger partial charge in [-0.3, -0.25) is 14.4 Å². The van der Waals surface area contributed by atoms with Crippen LogP contribution < -0.4 is 5.32 Å². The van der Waals surface area contributed by atoms with Gasteiger partial charge in [0.25, 0.3) is 0 Å². The second-order valence-electron chi connectivity index (χ2n) is 6.24. The highest BCUT2D eigenvalue weighted by molar-refractivity contribution is 8.14. The summed E-state index contributed by atoms with van der Waals surface area (Å²) in [5.41, 5.74) is 0. The van der Waals surface area contributed by atoms with Gasteiger partial charge in [-0.25, -0.2) is 4.79 Å². The van der Waals surface area contributed by atoms with Gasteiger partial charge in [-0.15, -0.1) is 11.8 Å². The summed E-state index contributed by atoms with van der Waals surface area (Å²) in [6.45, 7) is 3.35. The lowest BCUT2D eigenvalue weighted by Gasteiger charge is -2.29. The van der Waals surface area contributed by atoms with Crippen LogP contribution in [0, 0.1) is 0 Å². The van der Waals surface area contributed by atoms with E-state index in [1.165, 1.54) is 11.8 Å². The molecule has 4 atom stereocenters. The van der Waals surface area contributed by atoms with E-state index in [1.54, 1.807) is 11.8 Å². The molecule has 140 valence electrons. The van der Waals surface area contributed by atoms with Gasteiger partial charge < -0.3 is 15.3 Å². The molecule has 0 saturated carbocycles. The highest BCUT2D eigenvalue weighted by Crippen LogP contribution is 2.35. The third-order valence-corrected chi connectivity index (χ3v) is 6.74. The summed E-state index contributed by atoms with van der Waals surface area (Å²) >= 11 is 2.55. The number of rotatable bonds is 6. The molecule has 25 heavy (non-hydrogen) atoms. The Bertz CT molecular complexity index is 557. The zero-order valence-electron chi connectivity index (χ0n) is 14.4. The van der Waals surface area contributed by atoms with E-state index in [-0.39, 0.29) is 22.3 Å². The molecule has 9 heteroatoms. The predicted octanol–water partition coefficient (Wildman–Crippen LogP) is 1.46. The molecule has 2 aliphatic rings. The zero-order valence-corrected chi connectivity index (χ0v) is 16.0. The first-order chi connectivity index (χ1) is 11.8. The second-order valence-corrected chi connectivity index (χ2v) is 8.90. The number of nitrogens with one attached hydrogen (secondary N) is 1. The Hall–Kier alpha value is -1.22. The highest BCUT2D eigenvalue weighted by Gasteiger charge is 2.45. The van der Waals surface area contributed by atoms with Crippen LogP contribution in [0.1, 0.15) is 46.0 Å². The summed E-state index contributed by atoms with van der Waals surface area (Å²) in [5, 5.41) is 11.3. The van der Waals surface area contributed by atoms with Gasteiger partial charge in [-0.05, 0) is 31.4 Å². The van der Waals surface area contributed by atoms with Crippen LogP contribution in [0.2, 0.25) is 0 Å². The van der Waals surface area contributed by atoms with Gasteiger partial charge in [0.05, 0.1) is 10.6 Å². The number of nitrogens with zero attached hydrogens (tertiary/aromatic N) is 1. The number of carbonyl (C=O) groups excluding carboxylic acids is 3. The molecular formula is C16H24N2O5S2. The Morgan fingerprint density at radius 1 is 1.36 bits per heavy atom. The number of aliphatic carboxylic acids is 1. The number of hydrogen-bond donors (Lipinski definition) is 2. The van der Waals surface area contributed by atoms with Crippen molar-refractivity contribution in [1.29, 1.82) is 0 Å². The third kappa shape index (κ3) is 4.91. The molecule has 2 saturated heterocycles. The van der Waals surface area contributed by atoms with E-state index in [0.717, 1.165) is 18.2 Å². The Morgan fingerprint density at radius 3 is 2.68 bits per heavy atom. The molecule has 2 amide bonds. The second kappa shape index (κ2) is 8.93. The number of carbonyl (C=O) groups is 4. The summed E-state index contributed by atoms with van der Waals surface area (Å²) in [6, 6.07) is -1.54. The smallest absolute Gasteiger partial charge is 0.326 e. The Labute approximate surface area is 155 Å². The van der Waals surface area contributed by atoms with Crippen molar-refractivity contribution in [3.8, 4) is 0 Å². The van der Waals surface area contributed by atoms with Crippen molar-refractivity contribution in [3.05, 3.63) is 0 Å². The van der Waals surface area contributed by atoms with Gasteiger partial charge >= 0.3 is 5.97 Å². The molecule has 0 spiro atoms. The van der Waals surface area contributed by atoms with Crippen molar-refractivity contribution < 1.29 is 24.3 Å². The average molecular weight is 389 g/mol. The van der Waals surface area contributed by atoms with E-state index in [1.807, 2.05) is 6.92 Å². The lowest BCUT2D eigenvalue weighted by Crippen LogP contribution is -2.53. The van der Waals surface area contributed by atoms with Gasteiger partial charge in [0.2, 0.25) is 11.8 Å². The van der Waals surface area contributed by atoms with Gasteiger partial charge in [-0.1, -0.05) is 25.1 Å². The molecule has 2 heterocycles. The van der Waals surface area contributed by atoms with E-state index < -0.39 is 23.3 Å². The minimum absolute atomic E-state index is 0.131. The standard InChI is InChI=1S/C16H24N2O5S2/c1-3-4-12(25-9(2)19)14(20)17-10-7-8-24-13-6-5-11(16(22)23)18(13)15(10)21/h10-13H,3-8H2,1-2H3,(H,17,20)(H,22,23)/t10-,11-,12?,13-/m0/s1. The molecule has 2 N–H and O–H groups in total. The van der Waals surface area contributed by atoms with Crippen LogP contribution in [0.5, 0.6) is 0 Å². The molecule has 1 unspecified atom stereocenters. The van der Waals surface area contributed by atoms with Crippen molar-refractivity contribution in [2.45, 2.75) is 68.7 Å². The summed E-state index contributed by atoms with van der Waals surface area (Å²) in [5.74, 6) is -0.965. The highest BCUT2D eigenvalue weighted by atomic mass is 32.2. The Balaban J connectivity index is 2.09. The lowest BCUT2D eigenvalue weighted by molar-refractivity contribution is -0.149. The molecule has 0 bridgehead atoms. The first-order valence-electron chi connectivity index (χ1n) is 8.49. The number of hydrogen-bond acceptors (Lipinski definition) is 6. The molecule has 2 rings (SSSR count). The van der Waals surface area contributed by atoms with Crippen LogP contribution in [0.25, 0.3) is 0 Å². The first kappa shape index (κ1) is 20.1. The van der Waals surface area contributed by atoms with E-state index in [2.05, 4.69) is 5.32 Å². The fraction of sp³-hybridized carbons (Fsp3) is 0.750. The molecule has 2 fully saturated rings. The van der Waals surface area contributed by atoms with Crippen molar-refractivity contribution in [2.75, 3.05) is 5.75 Å². The quantitative estimate of drug-likeness (QED) is 0.710. The van der Waals surface area contributed by atoms with Crippen molar-refractivity contribution >= 4 is 46.4 Å². The van der Waals surface area contributed by atoms with Gasteiger partial charge in [0.1, 0.15) is 12.1 Å². The largest absolute Gasteiger partial charge is 0.480 e. The molecule has 7 nitrogen and oxygen atoms in total. The van der Waals surface area contributed by atoms with Crippen molar-refractivity contribution in [1.82, 2.24) is 10.2 Å². The van der Waals surface area contributed by atoms with Crippen LogP contribution >= 0.6 is 23.5 Å². The molecule has 0 aromatic heterocycles. The maximum Gasteiger partial charge on any atom is 0.326 e. The van der Waals surface area contributed by atoms with Crippen LogP contribution in [-0.2, 0) is 19.2 Å². The minimum Gasteiger partial charge on any atom is -0.480 e. The topological polar surface area (TPSA) is 104 Å². The summed E-state index contributed by atoms with van der Waals surface area (Å²) < 4.78 is 0. The van der Waals surface area contributed by atoms with E-state index in [0.29, 0.717) is 31.4 Å². The maximum absolute atomic E-state index is 12.8. The molecule has 0 aromatic rings. The monoisotopic (exact) mass is 388 g/mol. The Kier molecular flexibility index (Phi) is 7.18. The minimum atomic E-state index is -1.00. The van der Waals surface area contributed by atoms with Gasteiger partial charge in [0.15, 0.2) is 5.12 Å². The predicted molar refractivity (Wildman–Crippen MR) is 97.3 cm³/mol. The number of carboxylic acids is 1. The molecule has 2 aliphatic heterocycles.